The smallest absolute Gasteiger partial charge is 0.00475 e. The lowest BCUT2D eigenvalue weighted by atomic mass is 9.89. The van der Waals surface area contributed by atoms with Crippen molar-refractivity contribution in [3.8, 4) is 0 Å². The van der Waals surface area contributed by atoms with Gasteiger partial charge in [-0.15, -0.1) is 6.58 Å². The topological polar surface area (TPSA) is 26.0 Å². The first-order chi connectivity index (χ1) is 22.7. The Labute approximate surface area is 294 Å². The molecule has 3 atom stereocenters. The van der Waals surface area contributed by atoms with E-state index in [-0.39, 0.29) is 6.04 Å². The van der Waals surface area contributed by atoms with E-state index < -0.39 is 0 Å². The predicted octanol–water partition coefficient (Wildman–Crippen LogP) is 14.7. The monoisotopic (exact) mass is 642 g/mol. The van der Waals surface area contributed by atoms with Crippen molar-refractivity contribution in [2.45, 2.75) is 150 Å². The second-order valence-electron chi connectivity index (χ2n) is 12.9. The molecule has 47 heavy (non-hydrogen) atoms. The summed E-state index contributed by atoms with van der Waals surface area (Å²) in [6.45, 7) is 27.3. The van der Waals surface area contributed by atoms with E-state index in [1.165, 1.54) is 41.5 Å². The Bertz CT molecular complexity index is 1030. The van der Waals surface area contributed by atoms with E-state index >= 15 is 0 Å². The van der Waals surface area contributed by atoms with Crippen molar-refractivity contribution >= 4 is 0 Å². The van der Waals surface area contributed by atoms with Crippen molar-refractivity contribution in [3.05, 3.63) is 133 Å². The van der Waals surface area contributed by atoms with Crippen LogP contribution >= 0.6 is 0 Å². The van der Waals surface area contributed by atoms with Crippen LogP contribution < -0.4 is 5.73 Å². The van der Waals surface area contributed by atoms with Crippen LogP contribution in [0.25, 0.3) is 0 Å². The zero-order valence-corrected chi connectivity index (χ0v) is 32.0. The van der Waals surface area contributed by atoms with Crippen LogP contribution in [0, 0.1) is 5.92 Å². The third-order valence-electron chi connectivity index (χ3n) is 7.45. The van der Waals surface area contributed by atoms with E-state index in [4.69, 9.17) is 5.73 Å². The van der Waals surface area contributed by atoms with E-state index in [9.17, 15) is 0 Å². The molecule has 0 aliphatic carbocycles. The highest BCUT2D eigenvalue weighted by molar-refractivity contribution is 5.21. The van der Waals surface area contributed by atoms with Gasteiger partial charge in [0.15, 0.2) is 0 Å². The normalized spacial score (nSPS) is 13.4. The first kappa shape index (κ1) is 46.2. The highest BCUT2D eigenvalue weighted by Gasteiger charge is 2.10. The number of hydrogen-bond donors (Lipinski definition) is 1. The van der Waals surface area contributed by atoms with E-state index in [0.717, 1.165) is 70.6 Å². The van der Waals surface area contributed by atoms with Crippen molar-refractivity contribution < 1.29 is 0 Å². The molecule has 1 heteroatoms. The summed E-state index contributed by atoms with van der Waals surface area (Å²) in [5.74, 6) is 1.28. The summed E-state index contributed by atoms with van der Waals surface area (Å²) < 4.78 is 0. The average molecular weight is 642 g/mol. The van der Waals surface area contributed by atoms with Crippen LogP contribution in [-0.2, 0) is 0 Å². The minimum atomic E-state index is 0.214. The Morgan fingerprint density at radius 3 is 1.64 bits per heavy atom. The van der Waals surface area contributed by atoms with Crippen LogP contribution in [0.2, 0.25) is 0 Å². The summed E-state index contributed by atoms with van der Waals surface area (Å²) in [5.41, 5.74) is 11.2. The molecule has 264 valence electrons. The van der Waals surface area contributed by atoms with Gasteiger partial charge in [0.2, 0.25) is 0 Å². The quantitative estimate of drug-likeness (QED) is 0.0882. The third kappa shape index (κ3) is 32.8. The van der Waals surface area contributed by atoms with Crippen LogP contribution in [0.5, 0.6) is 0 Å². The summed E-state index contributed by atoms with van der Waals surface area (Å²) in [6.07, 6.45) is 37.9. The fraction of sp³-hybridized carbons (Fsp3) is 0.522. The van der Waals surface area contributed by atoms with Gasteiger partial charge in [-0.2, -0.15) is 0 Å². The van der Waals surface area contributed by atoms with Gasteiger partial charge in [0.25, 0.3) is 0 Å². The molecule has 0 aromatic heterocycles. The molecule has 0 radical (unpaired) electrons. The molecule has 0 saturated carbocycles. The molecule has 0 aliphatic rings. The number of allylic oxidation sites excluding steroid dienone is 12. The Morgan fingerprint density at radius 1 is 0.681 bits per heavy atom. The third-order valence-corrected chi connectivity index (χ3v) is 7.45. The van der Waals surface area contributed by atoms with Crippen LogP contribution in [0.15, 0.2) is 128 Å². The zero-order chi connectivity index (χ0) is 35.5. The van der Waals surface area contributed by atoms with Gasteiger partial charge in [-0.25, -0.2) is 0 Å². The maximum atomic E-state index is 5.85. The fourth-order valence-corrected chi connectivity index (χ4v) is 5.42. The summed E-state index contributed by atoms with van der Waals surface area (Å²) in [7, 11) is 0. The number of rotatable bonds is 24. The van der Waals surface area contributed by atoms with Crippen molar-refractivity contribution in [3.63, 3.8) is 0 Å². The zero-order valence-electron chi connectivity index (χ0n) is 32.0. The number of benzene rings is 1. The van der Waals surface area contributed by atoms with Gasteiger partial charge in [0, 0.05) is 6.04 Å². The molecule has 0 fully saturated rings. The van der Waals surface area contributed by atoms with Crippen molar-refractivity contribution in [1.82, 2.24) is 0 Å². The molecule has 0 heterocycles. The number of unbranched alkanes of at least 4 members (excludes halogenated alkanes) is 1. The van der Waals surface area contributed by atoms with Crippen molar-refractivity contribution in [2.24, 2.45) is 11.7 Å². The summed E-state index contributed by atoms with van der Waals surface area (Å²) in [5, 5.41) is 0. The molecule has 0 saturated heterocycles. The Hall–Kier alpha value is -2.90. The Balaban J connectivity index is 0. The average Bonchev–Trinajstić information content (AvgIpc) is 3.03. The van der Waals surface area contributed by atoms with Crippen LogP contribution in [0.4, 0.5) is 0 Å². The first-order valence-electron chi connectivity index (χ1n) is 18.7. The molecule has 1 aromatic rings. The molecular weight excluding hydrogens is 567 g/mol. The van der Waals surface area contributed by atoms with Crippen LogP contribution in [-0.4, -0.2) is 6.04 Å². The Kier molecular flexibility index (Phi) is 33.9. The molecule has 1 rings (SSSR count). The van der Waals surface area contributed by atoms with Gasteiger partial charge in [0.1, 0.15) is 0 Å². The summed E-state index contributed by atoms with van der Waals surface area (Å²) in [4.78, 5) is 0. The van der Waals surface area contributed by atoms with Crippen molar-refractivity contribution in [2.75, 3.05) is 0 Å². The van der Waals surface area contributed by atoms with Gasteiger partial charge in [-0.3, -0.25) is 0 Å². The van der Waals surface area contributed by atoms with E-state index in [1.807, 2.05) is 20.8 Å². The van der Waals surface area contributed by atoms with E-state index in [0.29, 0.717) is 11.8 Å². The van der Waals surface area contributed by atoms with Gasteiger partial charge in [-0.1, -0.05) is 162 Å². The molecular formula is C46H75N. The minimum Gasteiger partial charge on any atom is -0.328 e. The first-order valence-corrected chi connectivity index (χ1v) is 18.7. The highest BCUT2D eigenvalue weighted by Crippen LogP contribution is 2.27. The van der Waals surface area contributed by atoms with E-state index in [1.54, 1.807) is 0 Å². The molecule has 0 bridgehead atoms. The Morgan fingerprint density at radius 2 is 1.17 bits per heavy atom. The van der Waals surface area contributed by atoms with Gasteiger partial charge in [0.05, 0.1) is 0 Å². The number of hydrogen-bond acceptors (Lipinski definition) is 1. The minimum absolute atomic E-state index is 0.214. The van der Waals surface area contributed by atoms with Crippen LogP contribution in [0.1, 0.15) is 150 Å². The van der Waals surface area contributed by atoms with Gasteiger partial charge >= 0.3 is 0 Å². The standard InChI is InChI=1S/C30H49N.C14H20.C2H6/c1-6-7-8-9-10-11-12-13-14-15-16-17-18-19-20-21-22-23-27(2)24-28(3)25-29(4)26-30(5)31;1-4-8-14(11-12(2)3)13-9-6-5-7-10-13;1-2/h7-8,10-11,13-14,16-17,19-20,28,30H,2,4,6,9,12,15,18,21-26,31H2,1,3,5H3;5-7,9-10,14H,2,4,8,11H2,1,3H3;1-2H3/b8-7-,11-10-,14-13-,17-16-,20-19-;;/t28-,30?;;/m0../s1. The highest BCUT2D eigenvalue weighted by atomic mass is 14.6. The predicted molar refractivity (Wildman–Crippen MR) is 218 cm³/mol. The molecule has 0 aliphatic heterocycles. The second-order valence-corrected chi connectivity index (χ2v) is 12.9. The lowest BCUT2D eigenvalue weighted by Crippen LogP contribution is -2.15. The second kappa shape index (κ2) is 34.4. The van der Waals surface area contributed by atoms with Gasteiger partial charge in [-0.05, 0) is 115 Å². The maximum absolute atomic E-state index is 5.85. The fourth-order valence-electron chi connectivity index (χ4n) is 5.42. The molecule has 1 aromatic carbocycles. The lowest BCUT2D eigenvalue weighted by Gasteiger charge is -2.16. The summed E-state index contributed by atoms with van der Waals surface area (Å²) in [6, 6.07) is 11.0. The molecule has 2 N–H and O–H groups in total. The largest absolute Gasteiger partial charge is 0.328 e. The van der Waals surface area contributed by atoms with Crippen molar-refractivity contribution in [1.29, 1.82) is 0 Å². The number of nitrogens with two attached hydrogens (primary N) is 1. The molecule has 1 nitrogen and oxygen atoms in total. The molecule has 2 unspecified atom stereocenters. The SMILES string of the molecule is C=C(C)CC(CCC)c1ccccc1.C=C(CCC/C=C\C/C=C\C/C=C\C/C=C\C/C=C\CC)C[C@H](C)CC(=C)CC(C)N.CC. The maximum Gasteiger partial charge on any atom is 0.00475 e. The molecule has 0 spiro atoms. The van der Waals surface area contributed by atoms with Crippen LogP contribution in [0.3, 0.4) is 0 Å². The summed E-state index contributed by atoms with van der Waals surface area (Å²) >= 11 is 0. The lowest BCUT2D eigenvalue weighted by molar-refractivity contribution is 0.540. The van der Waals surface area contributed by atoms with E-state index in [2.05, 4.69) is 139 Å². The molecule has 0 amide bonds. The van der Waals surface area contributed by atoms with Gasteiger partial charge < -0.3 is 5.73 Å².